The molecule has 4 rings (SSSR count). The van der Waals surface area contributed by atoms with E-state index in [9.17, 15) is 4.39 Å². The van der Waals surface area contributed by atoms with Crippen molar-refractivity contribution in [3.8, 4) is 0 Å². The number of H-pyrrole nitrogens is 1. The van der Waals surface area contributed by atoms with E-state index in [1.54, 1.807) is 22.8 Å². The number of allylic oxidation sites excluding steroid dienone is 1. The number of halogens is 1. The van der Waals surface area contributed by atoms with E-state index in [0.717, 1.165) is 16.8 Å². The highest BCUT2D eigenvalue weighted by molar-refractivity contribution is 5.72. The lowest BCUT2D eigenvalue weighted by Gasteiger charge is -2.27. The van der Waals surface area contributed by atoms with Crippen molar-refractivity contribution in [3.63, 3.8) is 0 Å². The first-order valence-corrected chi connectivity index (χ1v) is 9.51. The van der Waals surface area contributed by atoms with E-state index in [1.165, 1.54) is 12.1 Å². The zero-order chi connectivity index (χ0) is 21.1. The molecule has 1 unspecified atom stereocenters. The van der Waals surface area contributed by atoms with Gasteiger partial charge in [0.1, 0.15) is 17.4 Å². The Balaban J connectivity index is 1.86. The number of fused-ring (bicyclic) bond motifs is 1. The van der Waals surface area contributed by atoms with Crippen LogP contribution in [-0.2, 0) is 0 Å². The quantitative estimate of drug-likeness (QED) is 0.467. The second kappa shape index (κ2) is 8.20. The van der Waals surface area contributed by atoms with Crippen molar-refractivity contribution in [3.05, 3.63) is 96.6 Å². The predicted molar refractivity (Wildman–Crippen MR) is 115 cm³/mol. The summed E-state index contributed by atoms with van der Waals surface area (Å²) in [7, 11) is 0. The fourth-order valence-electron chi connectivity index (χ4n) is 3.29. The van der Waals surface area contributed by atoms with Gasteiger partial charge in [-0.3, -0.25) is 5.10 Å². The summed E-state index contributed by atoms with van der Waals surface area (Å²) in [6.07, 6.45) is 7.34. The maximum absolute atomic E-state index is 13.6. The first-order chi connectivity index (χ1) is 14.6. The van der Waals surface area contributed by atoms with E-state index in [1.807, 2.05) is 55.4 Å². The fraction of sp³-hybridized carbons (Fsp3) is 0.136. The van der Waals surface area contributed by atoms with Crippen molar-refractivity contribution in [1.29, 1.82) is 0 Å². The van der Waals surface area contributed by atoms with Crippen molar-refractivity contribution in [2.24, 2.45) is 0 Å². The van der Waals surface area contributed by atoms with Crippen LogP contribution in [0, 0.1) is 12.7 Å². The van der Waals surface area contributed by atoms with Crippen LogP contribution in [0.25, 0.3) is 5.52 Å². The van der Waals surface area contributed by atoms with Gasteiger partial charge in [-0.15, -0.1) is 5.10 Å². The van der Waals surface area contributed by atoms with Crippen molar-refractivity contribution in [1.82, 2.24) is 29.7 Å². The number of anilines is 2. The van der Waals surface area contributed by atoms with Crippen LogP contribution in [0.1, 0.15) is 30.0 Å². The van der Waals surface area contributed by atoms with Crippen molar-refractivity contribution >= 4 is 17.2 Å². The average molecular weight is 403 g/mol. The molecule has 30 heavy (non-hydrogen) atoms. The van der Waals surface area contributed by atoms with Crippen LogP contribution < -0.4 is 5.32 Å². The Hall–Kier alpha value is -3.94. The molecular weight excluding hydrogens is 381 g/mol. The van der Waals surface area contributed by atoms with Crippen molar-refractivity contribution in [2.45, 2.75) is 19.9 Å². The first-order valence-electron chi connectivity index (χ1n) is 9.51. The average Bonchev–Trinajstić information content (AvgIpc) is 3.38. The van der Waals surface area contributed by atoms with Gasteiger partial charge < -0.3 is 10.2 Å². The molecule has 4 aromatic rings. The third-order valence-electron chi connectivity index (χ3n) is 4.62. The summed E-state index contributed by atoms with van der Waals surface area (Å²) in [6.45, 7) is 7.77. The van der Waals surface area contributed by atoms with Gasteiger partial charge in [0.2, 0.25) is 0 Å². The van der Waals surface area contributed by atoms with Crippen LogP contribution in [0.15, 0.2) is 73.7 Å². The molecule has 0 fully saturated rings. The number of nitrogens with zero attached hydrogens (tertiary/aromatic N) is 5. The number of aromatic nitrogens is 5. The summed E-state index contributed by atoms with van der Waals surface area (Å²) in [4.78, 5) is 6.70. The highest BCUT2D eigenvalue weighted by atomic mass is 19.1. The van der Waals surface area contributed by atoms with E-state index in [2.05, 4.69) is 22.1 Å². The maximum atomic E-state index is 13.6. The molecule has 0 aliphatic rings. The Morgan fingerprint density at radius 1 is 1.27 bits per heavy atom. The van der Waals surface area contributed by atoms with Gasteiger partial charge in [-0.05, 0) is 49.9 Å². The van der Waals surface area contributed by atoms with Crippen LogP contribution in [0.3, 0.4) is 0 Å². The molecule has 0 bridgehead atoms. The number of rotatable bonds is 7. The molecule has 0 radical (unpaired) electrons. The van der Waals surface area contributed by atoms with Crippen LogP contribution >= 0.6 is 0 Å². The van der Waals surface area contributed by atoms with Gasteiger partial charge in [-0.25, -0.2) is 13.9 Å². The molecule has 0 aliphatic carbocycles. The van der Waals surface area contributed by atoms with E-state index >= 15 is 0 Å². The number of hydrogen-bond donors (Lipinski definition) is 2. The Kier molecular flexibility index (Phi) is 5.30. The molecule has 1 atom stereocenters. The molecular formula is C22H22FN7. The van der Waals surface area contributed by atoms with E-state index in [-0.39, 0.29) is 5.82 Å². The lowest BCUT2D eigenvalue weighted by atomic mass is 10.0. The molecule has 1 aromatic carbocycles. The molecule has 3 aromatic heterocycles. The van der Waals surface area contributed by atoms with Crippen molar-refractivity contribution in [2.75, 3.05) is 5.32 Å². The number of benzene rings is 1. The normalized spacial score (nSPS) is 12.4. The predicted octanol–water partition coefficient (Wildman–Crippen LogP) is 4.71. The maximum Gasteiger partial charge on any atom is 0.178 e. The molecule has 0 saturated heterocycles. The summed E-state index contributed by atoms with van der Waals surface area (Å²) < 4.78 is 15.3. The molecule has 0 aliphatic heterocycles. The first kappa shape index (κ1) is 19.4. The zero-order valence-corrected chi connectivity index (χ0v) is 16.7. The SMILES string of the molecule is C=CN(/C=C\C)C(c1ccc(F)cc1)c1nc(Nc2cc(C)[nH]n2)c2cccn2n1. The minimum Gasteiger partial charge on any atom is -0.340 e. The molecule has 2 N–H and O–H groups in total. The molecule has 0 spiro atoms. The minimum absolute atomic E-state index is 0.299. The summed E-state index contributed by atoms with van der Waals surface area (Å²) in [5.41, 5.74) is 2.59. The van der Waals surface area contributed by atoms with Gasteiger partial charge in [0.25, 0.3) is 0 Å². The Morgan fingerprint density at radius 2 is 2.07 bits per heavy atom. The molecule has 8 heteroatoms. The van der Waals surface area contributed by atoms with Crippen LogP contribution in [-0.4, -0.2) is 29.7 Å². The van der Waals surface area contributed by atoms with Crippen LogP contribution in [0.5, 0.6) is 0 Å². The lowest BCUT2D eigenvalue weighted by molar-refractivity contribution is 0.405. The zero-order valence-electron chi connectivity index (χ0n) is 16.7. The molecule has 0 saturated carbocycles. The molecule has 3 heterocycles. The molecule has 152 valence electrons. The number of aryl methyl sites for hydroxylation is 1. The highest BCUT2D eigenvalue weighted by Crippen LogP contribution is 2.29. The van der Waals surface area contributed by atoms with E-state index in [4.69, 9.17) is 10.1 Å². The van der Waals surface area contributed by atoms with Gasteiger partial charge >= 0.3 is 0 Å². The van der Waals surface area contributed by atoms with E-state index < -0.39 is 6.04 Å². The Bertz CT molecular complexity index is 1190. The second-order valence-corrected chi connectivity index (χ2v) is 6.78. The monoisotopic (exact) mass is 403 g/mol. The summed E-state index contributed by atoms with van der Waals surface area (Å²) in [5.74, 6) is 1.51. The second-order valence-electron chi connectivity index (χ2n) is 6.78. The van der Waals surface area contributed by atoms with Crippen molar-refractivity contribution < 1.29 is 4.39 Å². The summed E-state index contributed by atoms with van der Waals surface area (Å²) in [5, 5.41) is 15.1. The van der Waals surface area contributed by atoms with Gasteiger partial charge in [0.05, 0.1) is 0 Å². The fourth-order valence-corrected chi connectivity index (χ4v) is 3.29. The topological polar surface area (TPSA) is 74.1 Å². The van der Waals surface area contributed by atoms with Crippen LogP contribution in [0.2, 0.25) is 0 Å². The largest absolute Gasteiger partial charge is 0.340 e. The smallest absolute Gasteiger partial charge is 0.178 e. The Labute approximate surface area is 173 Å². The van der Waals surface area contributed by atoms with Gasteiger partial charge in [-0.1, -0.05) is 24.8 Å². The van der Waals surface area contributed by atoms with Gasteiger partial charge in [0.15, 0.2) is 17.5 Å². The van der Waals surface area contributed by atoms with Gasteiger partial charge in [-0.2, -0.15) is 5.10 Å². The number of hydrogen-bond acceptors (Lipinski definition) is 5. The summed E-state index contributed by atoms with van der Waals surface area (Å²) in [6, 6.07) is 11.6. The number of nitrogens with one attached hydrogen (secondary N) is 2. The summed E-state index contributed by atoms with van der Waals surface area (Å²) >= 11 is 0. The molecule has 7 nitrogen and oxygen atoms in total. The van der Waals surface area contributed by atoms with Crippen LogP contribution in [0.4, 0.5) is 16.0 Å². The van der Waals surface area contributed by atoms with E-state index in [0.29, 0.717) is 17.5 Å². The van der Waals surface area contributed by atoms with Gasteiger partial charge in [0, 0.05) is 24.2 Å². The molecule has 0 amide bonds. The minimum atomic E-state index is -0.396. The lowest BCUT2D eigenvalue weighted by Crippen LogP contribution is -2.23. The third-order valence-corrected chi connectivity index (χ3v) is 4.62. The Morgan fingerprint density at radius 3 is 2.73 bits per heavy atom. The highest BCUT2D eigenvalue weighted by Gasteiger charge is 2.24. The third kappa shape index (κ3) is 3.80. The standard InChI is InChI=1S/C22H22FN7/c1-4-12-29(5-2)20(16-8-10-17(23)11-9-16)22-25-21(18-7-6-13-30(18)28-22)24-19-14-15(3)26-27-19/h4-14,20H,2H2,1,3H3,(H2,24,25,26,27,28)/b12-4-. The number of aromatic amines is 1.